The Kier molecular flexibility index (Phi) is 5.03. The molecular formula is C11H18BNO6S. The predicted molar refractivity (Wildman–Crippen MR) is 73.9 cm³/mol. The Morgan fingerprint density at radius 1 is 1.20 bits per heavy atom. The van der Waals surface area contributed by atoms with Crippen LogP contribution < -0.4 is 14.1 Å². The van der Waals surface area contributed by atoms with E-state index in [0.717, 1.165) is 6.07 Å². The molecule has 0 radical (unpaired) electrons. The second-order valence-electron chi connectivity index (χ2n) is 5.11. The second kappa shape index (κ2) is 6.00. The molecule has 0 aliphatic rings. The lowest BCUT2D eigenvalue weighted by atomic mass is 10.1. The third kappa shape index (κ3) is 4.67. The highest BCUT2D eigenvalue weighted by Gasteiger charge is 2.24. The van der Waals surface area contributed by atoms with Gasteiger partial charge in [-0.05, 0) is 32.9 Å². The van der Waals surface area contributed by atoms with Gasteiger partial charge in [0.1, 0.15) is 5.75 Å². The summed E-state index contributed by atoms with van der Waals surface area (Å²) in [7, 11) is -4.47. The summed E-state index contributed by atoms with van der Waals surface area (Å²) in [5.74, 6) is 0.104. The van der Waals surface area contributed by atoms with E-state index in [1.807, 2.05) is 0 Å². The Morgan fingerprint density at radius 3 is 2.25 bits per heavy atom. The molecule has 0 aliphatic heterocycles. The quantitative estimate of drug-likeness (QED) is 0.667. The minimum absolute atomic E-state index is 0.0659. The van der Waals surface area contributed by atoms with Crippen molar-refractivity contribution in [1.82, 2.24) is 4.72 Å². The fourth-order valence-electron chi connectivity index (χ4n) is 1.49. The van der Waals surface area contributed by atoms with Gasteiger partial charge >= 0.3 is 7.32 Å². The molecule has 0 atom stereocenters. The van der Waals surface area contributed by atoms with Crippen LogP contribution in [0.15, 0.2) is 23.1 Å². The molecule has 3 N–H and O–H groups in total. The average Bonchev–Trinajstić information content (AvgIpc) is 2.24. The molecule has 0 aliphatic carbocycles. The molecular weight excluding hydrogens is 285 g/mol. The third-order valence-electron chi connectivity index (χ3n) is 2.12. The molecule has 0 bridgehead atoms. The molecule has 1 aromatic rings. The molecule has 20 heavy (non-hydrogen) atoms. The van der Waals surface area contributed by atoms with Gasteiger partial charge in [-0.1, -0.05) is 0 Å². The Balaban J connectivity index is 3.20. The lowest BCUT2D eigenvalue weighted by molar-refractivity contribution is 0.279. The van der Waals surface area contributed by atoms with Crippen LogP contribution in [0.3, 0.4) is 0 Å². The van der Waals surface area contributed by atoms with Crippen molar-refractivity contribution in [3.63, 3.8) is 0 Å². The van der Waals surface area contributed by atoms with Crippen molar-refractivity contribution in [2.75, 3.05) is 7.11 Å². The van der Waals surface area contributed by atoms with Crippen molar-refractivity contribution in [3.05, 3.63) is 18.2 Å². The highest BCUT2D eigenvalue weighted by molar-refractivity contribution is 7.89. The molecule has 0 heterocycles. The molecule has 9 heteroatoms. The highest BCUT2D eigenvalue weighted by Crippen LogP contribution is 2.30. The van der Waals surface area contributed by atoms with Crippen molar-refractivity contribution in [2.45, 2.75) is 31.2 Å². The molecule has 0 fully saturated rings. The Hall–Kier alpha value is -1.29. The second-order valence-corrected chi connectivity index (χ2v) is 6.79. The summed E-state index contributed by atoms with van der Waals surface area (Å²) in [6, 6.07) is 3.87. The van der Waals surface area contributed by atoms with Gasteiger partial charge in [-0.15, -0.1) is 0 Å². The van der Waals surface area contributed by atoms with Gasteiger partial charge < -0.3 is 19.4 Å². The number of hydrogen-bond donors (Lipinski definition) is 3. The molecule has 1 rings (SSSR count). The molecule has 7 nitrogen and oxygen atoms in total. The van der Waals surface area contributed by atoms with Crippen LogP contribution in [-0.2, 0) is 10.0 Å². The first-order valence-electron chi connectivity index (χ1n) is 5.80. The number of methoxy groups -OCH3 is 1. The first-order valence-corrected chi connectivity index (χ1v) is 7.28. The van der Waals surface area contributed by atoms with Gasteiger partial charge in [-0.25, -0.2) is 13.1 Å². The lowest BCUT2D eigenvalue weighted by Crippen LogP contribution is -2.40. The van der Waals surface area contributed by atoms with Gasteiger partial charge in [0.2, 0.25) is 10.0 Å². The van der Waals surface area contributed by atoms with E-state index in [-0.39, 0.29) is 16.4 Å². The number of sulfonamides is 1. The van der Waals surface area contributed by atoms with Crippen molar-refractivity contribution in [1.29, 1.82) is 0 Å². The fourth-order valence-corrected chi connectivity index (χ4v) is 2.93. The fraction of sp³-hybridized carbons (Fsp3) is 0.455. The molecule has 112 valence electrons. The molecule has 0 aromatic heterocycles. The molecule has 0 unspecified atom stereocenters. The molecule has 0 spiro atoms. The number of hydrogen-bond acceptors (Lipinski definition) is 6. The van der Waals surface area contributed by atoms with E-state index in [2.05, 4.69) is 4.72 Å². The van der Waals surface area contributed by atoms with Crippen molar-refractivity contribution < 1.29 is 27.9 Å². The zero-order chi connectivity index (χ0) is 15.6. The third-order valence-corrected chi connectivity index (χ3v) is 3.87. The van der Waals surface area contributed by atoms with Crippen LogP contribution in [-0.4, -0.2) is 38.4 Å². The summed E-state index contributed by atoms with van der Waals surface area (Å²) < 4.78 is 36.4. The number of nitrogens with one attached hydrogen (secondary N) is 1. The van der Waals surface area contributed by atoms with E-state index < -0.39 is 22.9 Å². The molecule has 1 aromatic carbocycles. The Morgan fingerprint density at radius 2 is 1.80 bits per heavy atom. The topological polar surface area (TPSA) is 105 Å². The monoisotopic (exact) mass is 303 g/mol. The van der Waals surface area contributed by atoms with Crippen molar-refractivity contribution >= 4 is 17.3 Å². The van der Waals surface area contributed by atoms with Crippen LogP contribution in [0.4, 0.5) is 0 Å². The number of rotatable bonds is 5. The van der Waals surface area contributed by atoms with E-state index in [1.165, 1.54) is 19.2 Å². The van der Waals surface area contributed by atoms with Crippen LogP contribution >= 0.6 is 0 Å². The standard InChI is InChI=1S/C11H18BNO6S/c1-11(2,3)13-20(16,17)8-5-6-9(18-4)10(7-8)19-12(14)15/h5-7,13-15H,1-4H3. The molecule has 0 saturated carbocycles. The number of ether oxygens (including phenoxy) is 1. The van der Waals surface area contributed by atoms with Crippen LogP contribution in [0.1, 0.15) is 20.8 Å². The first kappa shape index (κ1) is 16.8. The Bertz CT molecular complexity index is 567. The average molecular weight is 303 g/mol. The first-order chi connectivity index (χ1) is 9.05. The summed E-state index contributed by atoms with van der Waals surface area (Å²) in [5, 5.41) is 17.6. The van der Waals surface area contributed by atoms with Crippen LogP contribution in [0.2, 0.25) is 0 Å². The van der Waals surface area contributed by atoms with Gasteiger partial charge in [0.25, 0.3) is 0 Å². The Labute approximate surface area is 118 Å². The van der Waals surface area contributed by atoms with Gasteiger partial charge in [0.15, 0.2) is 5.75 Å². The zero-order valence-electron chi connectivity index (χ0n) is 11.7. The smallest absolute Gasteiger partial charge is 0.509 e. The predicted octanol–water partition coefficient (Wildman–Crippen LogP) is 0.120. The maximum absolute atomic E-state index is 12.2. The largest absolute Gasteiger partial charge is 0.707 e. The van der Waals surface area contributed by atoms with Crippen molar-refractivity contribution in [2.24, 2.45) is 0 Å². The maximum atomic E-state index is 12.2. The number of benzene rings is 1. The van der Waals surface area contributed by atoms with Gasteiger partial charge in [0, 0.05) is 11.6 Å². The van der Waals surface area contributed by atoms with Crippen molar-refractivity contribution in [3.8, 4) is 11.5 Å². The van der Waals surface area contributed by atoms with E-state index >= 15 is 0 Å². The lowest BCUT2D eigenvalue weighted by Gasteiger charge is -2.21. The van der Waals surface area contributed by atoms with Gasteiger partial charge in [-0.3, -0.25) is 0 Å². The van der Waals surface area contributed by atoms with E-state index in [4.69, 9.17) is 19.4 Å². The van der Waals surface area contributed by atoms with E-state index in [1.54, 1.807) is 20.8 Å². The SMILES string of the molecule is COc1ccc(S(=O)(=O)NC(C)(C)C)cc1OB(O)O. The van der Waals surface area contributed by atoms with Crippen LogP contribution in [0.5, 0.6) is 11.5 Å². The molecule has 0 amide bonds. The van der Waals surface area contributed by atoms with E-state index in [9.17, 15) is 8.42 Å². The van der Waals surface area contributed by atoms with Crippen LogP contribution in [0.25, 0.3) is 0 Å². The maximum Gasteiger partial charge on any atom is 0.707 e. The zero-order valence-corrected chi connectivity index (χ0v) is 12.6. The van der Waals surface area contributed by atoms with Gasteiger partial charge in [0.05, 0.1) is 12.0 Å². The summed E-state index contributed by atoms with van der Waals surface area (Å²) >= 11 is 0. The normalized spacial score (nSPS) is 12.1. The summed E-state index contributed by atoms with van der Waals surface area (Å²) in [5.41, 5.74) is -0.643. The highest BCUT2D eigenvalue weighted by atomic mass is 32.2. The van der Waals surface area contributed by atoms with E-state index in [0.29, 0.717) is 0 Å². The van der Waals surface area contributed by atoms with Gasteiger partial charge in [-0.2, -0.15) is 0 Å². The minimum Gasteiger partial charge on any atom is -0.509 e. The van der Waals surface area contributed by atoms with Crippen LogP contribution in [0, 0.1) is 0 Å². The minimum atomic E-state index is -3.75. The summed E-state index contributed by atoms with van der Waals surface area (Å²) in [4.78, 5) is -0.0659. The molecule has 0 saturated heterocycles. The summed E-state index contributed by atoms with van der Waals surface area (Å²) in [6.07, 6.45) is 0. The summed E-state index contributed by atoms with van der Waals surface area (Å²) in [6.45, 7) is 5.13.